The van der Waals surface area contributed by atoms with Crippen molar-refractivity contribution in [2.24, 2.45) is 5.73 Å². The van der Waals surface area contributed by atoms with E-state index in [0.29, 0.717) is 0 Å². The summed E-state index contributed by atoms with van der Waals surface area (Å²) in [5.41, 5.74) is 5.42. The summed E-state index contributed by atoms with van der Waals surface area (Å²) in [6, 6.07) is 4.47. The van der Waals surface area contributed by atoms with Crippen molar-refractivity contribution in [1.29, 1.82) is 0 Å². The van der Waals surface area contributed by atoms with Crippen molar-refractivity contribution in [3.63, 3.8) is 0 Å². The number of nitrogens with one attached hydrogen (secondary N) is 1. The van der Waals surface area contributed by atoms with Gasteiger partial charge in [-0.2, -0.15) is 0 Å². The summed E-state index contributed by atoms with van der Waals surface area (Å²) in [6.07, 6.45) is -0.370. The summed E-state index contributed by atoms with van der Waals surface area (Å²) >= 11 is 5.79. The predicted octanol–water partition coefficient (Wildman–Crippen LogP) is 1.34. The lowest BCUT2D eigenvalue weighted by Gasteiger charge is -2.14. The van der Waals surface area contributed by atoms with E-state index in [-0.39, 0.29) is 35.1 Å². The molecule has 0 fully saturated rings. The van der Waals surface area contributed by atoms with Crippen LogP contribution in [0.15, 0.2) is 18.2 Å². The number of carbonyl (C=O) groups is 2. The third kappa shape index (κ3) is 4.20. The van der Waals surface area contributed by atoms with Crippen LogP contribution in [0.2, 0.25) is 5.02 Å². The first-order chi connectivity index (χ1) is 8.99. The van der Waals surface area contributed by atoms with Crippen molar-refractivity contribution in [1.82, 2.24) is 0 Å². The third-order valence-electron chi connectivity index (χ3n) is 2.51. The number of carbonyl (C=O) groups excluding carboxylic acids is 1. The van der Waals surface area contributed by atoms with Crippen molar-refractivity contribution in [2.45, 2.75) is 12.5 Å². The number of hydrogen-bond donors (Lipinski definition) is 3. The first-order valence-corrected chi connectivity index (χ1v) is 5.92. The van der Waals surface area contributed by atoms with E-state index in [9.17, 15) is 9.59 Å². The van der Waals surface area contributed by atoms with Gasteiger partial charge in [-0.05, 0) is 12.1 Å². The number of anilines is 1. The van der Waals surface area contributed by atoms with Crippen LogP contribution in [0, 0.1) is 0 Å². The first-order valence-electron chi connectivity index (χ1n) is 5.54. The SMILES string of the molecule is COC(CN)CC(=O)Nc1cccc(Cl)c1C(=O)O. The number of nitrogens with two attached hydrogens (primary N) is 1. The summed E-state index contributed by atoms with van der Waals surface area (Å²) in [7, 11) is 1.45. The predicted molar refractivity (Wildman–Crippen MR) is 71.5 cm³/mol. The molecule has 0 radical (unpaired) electrons. The lowest BCUT2D eigenvalue weighted by molar-refractivity contribution is -0.118. The number of benzene rings is 1. The maximum Gasteiger partial charge on any atom is 0.339 e. The van der Waals surface area contributed by atoms with Gasteiger partial charge in [-0.3, -0.25) is 4.79 Å². The van der Waals surface area contributed by atoms with E-state index >= 15 is 0 Å². The Kier molecular flexibility index (Phi) is 5.75. The summed E-state index contributed by atoms with van der Waals surface area (Å²) in [6.45, 7) is 0.200. The molecule has 1 atom stereocenters. The Morgan fingerprint density at radius 1 is 1.53 bits per heavy atom. The van der Waals surface area contributed by atoms with Gasteiger partial charge in [0.05, 0.1) is 23.2 Å². The molecular weight excluding hydrogens is 272 g/mol. The first kappa shape index (κ1) is 15.4. The number of rotatable bonds is 6. The van der Waals surface area contributed by atoms with Crippen LogP contribution in [0.1, 0.15) is 16.8 Å². The van der Waals surface area contributed by atoms with Crippen LogP contribution in [0.5, 0.6) is 0 Å². The van der Waals surface area contributed by atoms with Crippen molar-refractivity contribution in [3.8, 4) is 0 Å². The van der Waals surface area contributed by atoms with Gasteiger partial charge in [0.2, 0.25) is 5.91 Å². The van der Waals surface area contributed by atoms with Crippen LogP contribution in [-0.4, -0.2) is 36.7 Å². The molecule has 6 nitrogen and oxygen atoms in total. The van der Waals surface area contributed by atoms with Gasteiger partial charge in [0.15, 0.2) is 0 Å². The van der Waals surface area contributed by atoms with Crippen molar-refractivity contribution >= 4 is 29.2 Å². The fraction of sp³-hybridized carbons (Fsp3) is 0.333. The molecule has 1 rings (SSSR count). The minimum absolute atomic E-state index is 0.0403. The molecule has 1 amide bonds. The fourth-order valence-electron chi connectivity index (χ4n) is 1.52. The highest BCUT2D eigenvalue weighted by molar-refractivity contribution is 6.34. The molecule has 1 aromatic rings. The Morgan fingerprint density at radius 3 is 2.74 bits per heavy atom. The van der Waals surface area contributed by atoms with E-state index in [2.05, 4.69) is 5.32 Å². The van der Waals surface area contributed by atoms with Crippen molar-refractivity contribution in [3.05, 3.63) is 28.8 Å². The lowest BCUT2D eigenvalue weighted by atomic mass is 10.1. The zero-order valence-electron chi connectivity index (χ0n) is 10.4. The van der Waals surface area contributed by atoms with Crippen LogP contribution in [0.4, 0.5) is 5.69 Å². The Labute approximate surface area is 115 Å². The number of ether oxygens (including phenoxy) is 1. The van der Waals surface area contributed by atoms with E-state index in [4.69, 9.17) is 27.2 Å². The second-order valence-electron chi connectivity index (χ2n) is 3.81. The second-order valence-corrected chi connectivity index (χ2v) is 4.22. The monoisotopic (exact) mass is 286 g/mol. The molecule has 0 saturated heterocycles. The standard InChI is InChI=1S/C12H15ClN2O4/c1-19-7(6-14)5-10(16)15-9-4-2-3-8(13)11(9)12(17)18/h2-4,7H,5-6,14H2,1H3,(H,15,16)(H,17,18). The van der Waals surface area contributed by atoms with Gasteiger partial charge < -0.3 is 20.9 Å². The second kappa shape index (κ2) is 7.08. The van der Waals surface area contributed by atoms with Gasteiger partial charge in [0, 0.05) is 13.7 Å². The smallest absolute Gasteiger partial charge is 0.339 e. The Balaban J connectivity index is 2.85. The average molecular weight is 287 g/mol. The van der Waals surface area contributed by atoms with E-state index < -0.39 is 12.1 Å². The van der Waals surface area contributed by atoms with Crippen molar-refractivity contribution in [2.75, 3.05) is 19.0 Å². The molecule has 1 unspecified atom stereocenters. The molecule has 0 aromatic heterocycles. The topological polar surface area (TPSA) is 102 Å². The van der Waals surface area contributed by atoms with Crippen LogP contribution < -0.4 is 11.1 Å². The van der Waals surface area contributed by atoms with Crippen LogP contribution in [0.3, 0.4) is 0 Å². The molecule has 0 bridgehead atoms. The number of hydrogen-bond acceptors (Lipinski definition) is 4. The van der Waals surface area contributed by atoms with Gasteiger partial charge in [-0.1, -0.05) is 17.7 Å². The maximum atomic E-state index is 11.7. The highest BCUT2D eigenvalue weighted by atomic mass is 35.5. The molecule has 0 aliphatic rings. The molecule has 1 aromatic carbocycles. The summed E-state index contributed by atoms with van der Waals surface area (Å²) in [5, 5.41) is 11.6. The summed E-state index contributed by atoms with van der Waals surface area (Å²) < 4.78 is 4.98. The molecule has 0 spiro atoms. The third-order valence-corrected chi connectivity index (χ3v) is 2.83. The highest BCUT2D eigenvalue weighted by Gasteiger charge is 2.17. The van der Waals surface area contributed by atoms with E-state index in [1.54, 1.807) is 6.07 Å². The largest absolute Gasteiger partial charge is 0.478 e. The zero-order chi connectivity index (χ0) is 14.4. The number of halogens is 1. The lowest BCUT2D eigenvalue weighted by Crippen LogP contribution is -2.28. The van der Waals surface area contributed by atoms with Crippen LogP contribution in [0.25, 0.3) is 0 Å². The number of carboxylic acids is 1. The average Bonchev–Trinajstić information content (AvgIpc) is 2.35. The molecule has 19 heavy (non-hydrogen) atoms. The molecular formula is C12H15ClN2O4. The van der Waals surface area contributed by atoms with E-state index in [0.717, 1.165) is 0 Å². The van der Waals surface area contributed by atoms with Gasteiger partial charge >= 0.3 is 5.97 Å². The molecule has 0 aliphatic heterocycles. The quantitative estimate of drug-likeness (QED) is 0.732. The normalized spacial score (nSPS) is 11.9. The Hall–Kier alpha value is -1.63. The minimum Gasteiger partial charge on any atom is -0.478 e. The highest BCUT2D eigenvalue weighted by Crippen LogP contribution is 2.24. The Morgan fingerprint density at radius 2 is 2.21 bits per heavy atom. The van der Waals surface area contributed by atoms with Gasteiger partial charge in [-0.25, -0.2) is 4.79 Å². The molecule has 4 N–H and O–H groups in total. The van der Waals surface area contributed by atoms with Gasteiger partial charge in [-0.15, -0.1) is 0 Å². The minimum atomic E-state index is -1.21. The number of methoxy groups -OCH3 is 1. The molecule has 0 heterocycles. The van der Waals surface area contributed by atoms with E-state index in [1.807, 2.05) is 0 Å². The number of carboxylic acid groups (broad SMARTS) is 1. The van der Waals surface area contributed by atoms with Crippen LogP contribution >= 0.6 is 11.6 Å². The van der Waals surface area contributed by atoms with Gasteiger partial charge in [0.1, 0.15) is 5.56 Å². The Bertz CT molecular complexity index is 475. The summed E-state index contributed by atoms with van der Waals surface area (Å²) in [4.78, 5) is 22.8. The van der Waals surface area contributed by atoms with Crippen LogP contribution in [-0.2, 0) is 9.53 Å². The number of amides is 1. The van der Waals surface area contributed by atoms with E-state index in [1.165, 1.54) is 19.2 Å². The van der Waals surface area contributed by atoms with Gasteiger partial charge in [0.25, 0.3) is 0 Å². The maximum absolute atomic E-state index is 11.7. The summed E-state index contributed by atoms with van der Waals surface area (Å²) in [5.74, 6) is -1.59. The molecule has 7 heteroatoms. The fourth-order valence-corrected chi connectivity index (χ4v) is 1.77. The zero-order valence-corrected chi connectivity index (χ0v) is 11.1. The molecule has 104 valence electrons. The molecule has 0 saturated carbocycles. The molecule has 0 aliphatic carbocycles. The number of aromatic carboxylic acids is 1. The van der Waals surface area contributed by atoms with Crippen molar-refractivity contribution < 1.29 is 19.4 Å².